The average molecular weight is 224 g/mol. The quantitative estimate of drug-likeness (QED) is 0.796. The molecule has 0 radical (unpaired) electrons. The summed E-state index contributed by atoms with van der Waals surface area (Å²) in [5.74, 6) is 1.26. The molecule has 2 N–H and O–H groups in total. The summed E-state index contributed by atoms with van der Waals surface area (Å²) in [4.78, 5) is 0. The third-order valence-electron chi connectivity index (χ3n) is 2.46. The summed E-state index contributed by atoms with van der Waals surface area (Å²) in [6.07, 6.45) is 0. The Hall–Kier alpha value is -2.47. The number of para-hydroxylation sites is 2. The van der Waals surface area contributed by atoms with Gasteiger partial charge in [0, 0.05) is 0 Å². The van der Waals surface area contributed by atoms with Gasteiger partial charge in [-0.3, -0.25) is 0 Å². The van der Waals surface area contributed by atoms with E-state index in [1.807, 2.05) is 25.1 Å². The lowest BCUT2D eigenvalue weighted by Gasteiger charge is -2.10. The van der Waals surface area contributed by atoms with Gasteiger partial charge in [0.2, 0.25) is 0 Å². The fraction of sp³-hybridized carbons (Fsp3) is 0.0714. The first kappa shape index (κ1) is 11.0. The highest BCUT2D eigenvalue weighted by atomic mass is 16.5. The third-order valence-corrected chi connectivity index (χ3v) is 2.46. The Labute approximate surface area is 100 Å². The minimum atomic E-state index is 0.570. The molecule has 84 valence electrons. The zero-order valence-electron chi connectivity index (χ0n) is 9.47. The van der Waals surface area contributed by atoms with Crippen molar-refractivity contribution in [2.24, 2.45) is 0 Å². The Morgan fingerprint density at radius 1 is 1.12 bits per heavy atom. The van der Waals surface area contributed by atoms with Crippen molar-refractivity contribution in [3.05, 3.63) is 53.6 Å². The molecule has 0 heterocycles. The monoisotopic (exact) mass is 224 g/mol. The van der Waals surface area contributed by atoms with Crippen molar-refractivity contribution in [1.29, 1.82) is 5.26 Å². The van der Waals surface area contributed by atoms with Gasteiger partial charge in [0.15, 0.2) is 0 Å². The normalized spacial score (nSPS) is 9.65. The molecule has 0 atom stereocenters. The maximum atomic E-state index is 8.84. The summed E-state index contributed by atoms with van der Waals surface area (Å²) < 4.78 is 5.71. The number of nitrogens with zero attached hydrogens (tertiary/aromatic N) is 1. The van der Waals surface area contributed by atoms with Gasteiger partial charge in [-0.2, -0.15) is 5.26 Å². The van der Waals surface area contributed by atoms with Crippen LogP contribution in [0.3, 0.4) is 0 Å². The standard InChI is InChI=1S/C14H12N2O/c1-10-6-7-11(9-15)8-14(10)17-13-5-3-2-4-12(13)16/h2-8H,16H2,1H3. The fourth-order valence-electron chi connectivity index (χ4n) is 1.47. The first-order valence-electron chi connectivity index (χ1n) is 5.24. The van der Waals surface area contributed by atoms with Crippen LogP contribution < -0.4 is 10.5 Å². The summed E-state index contributed by atoms with van der Waals surface area (Å²) in [6, 6.07) is 14.7. The van der Waals surface area contributed by atoms with Crippen LogP contribution in [0.2, 0.25) is 0 Å². The van der Waals surface area contributed by atoms with Crippen molar-refractivity contribution < 1.29 is 4.74 Å². The zero-order chi connectivity index (χ0) is 12.3. The Morgan fingerprint density at radius 2 is 1.88 bits per heavy atom. The number of hydrogen-bond acceptors (Lipinski definition) is 3. The van der Waals surface area contributed by atoms with E-state index in [2.05, 4.69) is 6.07 Å². The number of nitrogen functional groups attached to an aromatic ring is 1. The van der Waals surface area contributed by atoms with E-state index in [1.165, 1.54) is 0 Å². The molecule has 0 spiro atoms. The lowest BCUT2D eigenvalue weighted by molar-refractivity contribution is 0.481. The second-order valence-electron chi connectivity index (χ2n) is 3.73. The lowest BCUT2D eigenvalue weighted by atomic mass is 10.1. The van der Waals surface area contributed by atoms with E-state index < -0.39 is 0 Å². The molecule has 0 bridgehead atoms. The zero-order valence-corrected chi connectivity index (χ0v) is 9.47. The van der Waals surface area contributed by atoms with Crippen LogP contribution in [0.1, 0.15) is 11.1 Å². The van der Waals surface area contributed by atoms with Crippen LogP contribution in [0.15, 0.2) is 42.5 Å². The van der Waals surface area contributed by atoms with Gasteiger partial charge >= 0.3 is 0 Å². The van der Waals surface area contributed by atoms with Crippen molar-refractivity contribution in [3.8, 4) is 17.6 Å². The summed E-state index contributed by atoms with van der Waals surface area (Å²) in [5, 5.41) is 8.84. The van der Waals surface area contributed by atoms with Crippen LogP contribution >= 0.6 is 0 Å². The molecule has 0 saturated heterocycles. The number of hydrogen-bond donors (Lipinski definition) is 1. The predicted octanol–water partition coefficient (Wildman–Crippen LogP) is 3.24. The first-order valence-corrected chi connectivity index (χ1v) is 5.24. The SMILES string of the molecule is Cc1ccc(C#N)cc1Oc1ccccc1N. The molecular weight excluding hydrogens is 212 g/mol. The molecule has 0 amide bonds. The number of aryl methyl sites for hydroxylation is 1. The molecule has 0 saturated carbocycles. The number of nitrogens with two attached hydrogens (primary N) is 1. The molecule has 17 heavy (non-hydrogen) atoms. The second-order valence-corrected chi connectivity index (χ2v) is 3.73. The van der Waals surface area contributed by atoms with Gasteiger partial charge in [0.1, 0.15) is 11.5 Å². The summed E-state index contributed by atoms with van der Waals surface area (Å²) >= 11 is 0. The van der Waals surface area contributed by atoms with Crippen LogP contribution in [0.5, 0.6) is 11.5 Å². The molecule has 2 rings (SSSR count). The van der Waals surface area contributed by atoms with Crippen molar-refractivity contribution in [2.75, 3.05) is 5.73 Å². The van der Waals surface area contributed by atoms with E-state index >= 15 is 0 Å². The number of benzene rings is 2. The van der Waals surface area contributed by atoms with Crippen molar-refractivity contribution in [1.82, 2.24) is 0 Å². The van der Waals surface area contributed by atoms with Crippen LogP contribution in [0, 0.1) is 18.3 Å². The Morgan fingerprint density at radius 3 is 2.59 bits per heavy atom. The van der Waals surface area contributed by atoms with Crippen LogP contribution in [0.25, 0.3) is 0 Å². The smallest absolute Gasteiger partial charge is 0.150 e. The van der Waals surface area contributed by atoms with Gasteiger partial charge in [0.05, 0.1) is 17.3 Å². The topological polar surface area (TPSA) is 59.0 Å². The van der Waals surface area contributed by atoms with E-state index in [-0.39, 0.29) is 0 Å². The first-order chi connectivity index (χ1) is 8.20. The van der Waals surface area contributed by atoms with E-state index in [9.17, 15) is 0 Å². The molecule has 2 aromatic carbocycles. The highest BCUT2D eigenvalue weighted by Gasteiger charge is 2.05. The summed E-state index contributed by atoms with van der Waals surface area (Å²) in [7, 11) is 0. The minimum absolute atomic E-state index is 0.570. The molecule has 0 aliphatic heterocycles. The number of rotatable bonds is 2. The van der Waals surface area contributed by atoms with Crippen LogP contribution in [0.4, 0.5) is 5.69 Å². The highest BCUT2D eigenvalue weighted by Crippen LogP contribution is 2.29. The van der Waals surface area contributed by atoms with Crippen LogP contribution in [-0.2, 0) is 0 Å². The molecule has 0 aliphatic carbocycles. The van der Waals surface area contributed by atoms with E-state index in [0.29, 0.717) is 22.7 Å². The molecule has 0 aromatic heterocycles. The predicted molar refractivity (Wildman–Crippen MR) is 66.8 cm³/mol. The fourth-order valence-corrected chi connectivity index (χ4v) is 1.47. The van der Waals surface area contributed by atoms with Gasteiger partial charge in [0.25, 0.3) is 0 Å². The highest BCUT2D eigenvalue weighted by molar-refractivity contribution is 5.54. The van der Waals surface area contributed by atoms with Crippen molar-refractivity contribution in [2.45, 2.75) is 6.92 Å². The van der Waals surface area contributed by atoms with Gasteiger partial charge in [-0.05, 0) is 36.8 Å². The maximum absolute atomic E-state index is 8.84. The molecule has 3 nitrogen and oxygen atoms in total. The number of ether oxygens (including phenoxy) is 1. The molecule has 0 unspecified atom stereocenters. The van der Waals surface area contributed by atoms with E-state index in [4.69, 9.17) is 15.7 Å². The van der Waals surface area contributed by atoms with Gasteiger partial charge < -0.3 is 10.5 Å². The molecule has 2 aromatic rings. The summed E-state index contributed by atoms with van der Waals surface area (Å²) in [5.41, 5.74) is 7.91. The third kappa shape index (κ3) is 2.37. The molecular formula is C14H12N2O. The molecule has 0 fully saturated rings. The van der Waals surface area contributed by atoms with E-state index in [0.717, 1.165) is 5.56 Å². The molecule has 0 aliphatic rings. The van der Waals surface area contributed by atoms with E-state index in [1.54, 1.807) is 24.3 Å². The van der Waals surface area contributed by atoms with Crippen molar-refractivity contribution in [3.63, 3.8) is 0 Å². The Bertz CT molecular complexity index is 585. The Kier molecular flexibility index (Phi) is 2.97. The largest absolute Gasteiger partial charge is 0.455 e. The van der Waals surface area contributed by atoms with Gasteiger partial charge in [-0.15, -0.1) is 0 Å². The van der Waals surface area contributed by atoms with Crippen LogP contribution in [-0.4, -0.2) is 0 Å². The maximum Gasteiger partial charge on any atom is 0.150 e. The average Bonchev–Trinajstić information content (AvgIpc) is 2.35. The Balaban J connectivity index is 2.37. The molecule has 3 heteroatoms. The second kappa shape index (κ2) is 4.58. The number of anilines is 1. The summed E-state index contributed by atoms with van der Waals surface area (Å²) in [6.45, 7) is 1.93. The van der Waals surface area contributed by atoms with Gasteiger partial charge in [-0.1, -0.05) is 18.2 Å². The minimum Gasteiger partial charge on any atom is -0.455 e. The van der Waals surface area contributed by atoms with Gasteiger partial charge in [-0.25, -0.2) is 0 Å². The van der Waals surface area contributed by atoms with Crippen molar-refractivity contribution >= 4 is 5.69 Å². The number of nitriles is 1. The lowest BCUT2D eigenvalue weighted by Crippen LogP contribution is -1.93.